The molecule has 0 spiro atoms. The zero-order chi connectivity index (χ0) is 21.4. The van der Waals surface area contributed by atoms with Crippen LogP contribution in [0.25, 0.3) is 0 Å². The molecule has 1 aliphatic heterocycles. The number of hydrogen-bond donors (Lipinski definition) is 1. The molecule has 0 atom stereocenters. The molecule has 1 aromatic rings. The molecule has 0 aliphatic carbocycles. The largest absolute Gasteiger partial charge is 0.490 e. The Morgan fingerprint density at radius 1 is 1.14 bits per heavy atom. The van der Waals surface area contributed by atoms with Gasteiger partial charge in [0.05, 0.1) is 17.3 Å². The molecule has 0 radical (unpaired) electrons. The summed E-state index contributed by atoms with van der Waals surface area (Å²) in [6.07, 6.45) is 3.70. The summed E-state index contributed by atoms with van der Waals surface area (Å²) < 4.78 is 44.2. The number of carbonyl (C=O) groups is 2. The van der Waals surface area contributed by atoms with Crippen molar-refractivity contribution in [1.29, 1.82) is 0 Å². The minimum atomic E-state index is -3.50. The number of unbranched alkanes of at least 4 members (excludes halogenated alkanes) is 4. The lowest BCUT2D eigenvalue weighted by atomic mass is 10.1. The maximum Gasteiger partial charge on any atom is 0.324 e. The van der Waals surface area contributed by atoms with Crippen LogP contribution in [0.15, 0.2) is 23.1 Å². The molecule has 7 nitrogen and oxygen atoms in total. The maximum absolute atomic E-state index is 13.8. The van der Waals surface area contributed by atoms with Gasteiger partial charge in [-0.25, -0.2) is 17.6 Å². The smallest absolute Gasteiger partial charge is 0.324 e. The van der Waals surface area contributed by atoms with Crippen molar-refractivity contribution in [3.63, 3.8) is 0 Å². The number of ether oxygens (including phenoxy) is 1. The summed E-state index contributed by atoms with van der Waals surface area (Å²) in [4.78, 5) is 24.0. The fraction of sp³-hybridized carbons (Fsp3) is 0.600. The van der Waals surface area contributed by atoms with E-state index < -0.39 is 15.7 Å². The summed E-state index contributed by atoms with van der Waals surface area (Å²) in [5.74, 6) is -0.693. The van der Waals surface area contributed by atoms with E-state index in [2.05, 4.69) is 5.32 Å². The van der Waals surface area contributed by atoms with Crippen LogP contribution in [0, 0.1) is 11.7 Å². The molecular formula is C20H29FN2O5S. The van der Waals surface area contributed by atoms with Crippen LogP contribution in [0.1, 0.15) is 46.0 Å². The molecule has 29 heavy (non-hydrogen) atoms. The first kappa shape index (κ1) is 23.1. The Balaban J connectivity index is 1.72. The van der Waals surface area contributed by atoms with E-state index in [1.54, 1.807) is 0 Å². The van der Waals surface area contributed by atoms with Crippen molar-refractivity contribution in [2.75, 3.05) is 25.4 Å². The molecule has 9 heteroatoms. The van der Waals surface area contributed by atoms with Crippen molar-refractivity contribution in [1.82, 2.24) is 10.2 Å². The molecule has 0 unspecified atom stereocenters. The van der Waals surface area contributed by atoms with Crippen LogP contribution in [-0.2, 0) is 14.6 Å². The lowest BCUT2D eigenvalue weighted by Crippen LogP contribution is -2.29. The SMILES string of the molecule is CC(C)COc1cc(S(=O)(=O)CCCCCCCN2CC(=O)NC2=O)ccc1F. The van der Waals surface area contributed by atoms with E-state index in [0.717, 1.165) is 31.7 Å². The van der Waals surface area contributed by atoms with Gasteiger partial charge in [-0.1, -0.05) is 33.1 Å². The Hall–Kier alpha value is -2.16. The van der Waals surface area contributed by atoms with E-state index in [9.17, 15) is 22.4 Å². The van der Waals surface area contributed by atoms with Gasteiger partial charge in [-0.3, -0.25) is 10.1 Å². The van der Waals surface area contributed by atoms with Crippen molar-refractivity contribution >= 4 is 21.8 Å². The predicted molar refractivity (Wildman–Crippen MR) is 107 cm³/mol. The number of nitrogens with zero attached hydrogens (tertiary/aromatic N) is 1. The van der Waals surface area contributed by atoms with Crippen LogP contribution < -0.4 is 10.1 Å². The van der Waals surface area contributed by atoms with Crippen LogP contribution in [0.4, 0.5) is 9.18 Å². The number of sulfone groups is 1. The first-order chi connectivity index (χ1) is 13.7. The first-order valence-corrected chi connectivity index (χ1v) is 11.6. The van der Waals surface area contributed by atoms with Crippen molar-refractivity contribution < 1.29 is 27.1 Å². The number of carbonyl (C=O) groups excluding carboxylic acids is 2. The molecule has 1 fully saturated rings. The zero-order valence-electron chi connectivity index (χ0n) is 16.9. The molecule has 0 bridgehead atoms. The van der Waals surface area contributed by atoms with Gasteiger partial charge in [0.15, 0.2) is 21.4 Å². The van der Waals surface area contributed by atoms with Crippen molar-refractivity contribution in [2.45, 2.75) is 50.8 Å². The highest BCUT2D eigenvalue weighted by atomic mass is 32.2. The number of nitrogens with one attached hydrogen (secondary N) is 1. The molecule has 1 heterocycles. The average Bonchev–Trinajstić information content (AvgIpc) is 2.97. The normalized spacial score (nSPS) is 14.6. The summed E-state index contributed by atoms with van der Waals surface area (Å²) in [6, 6.07) is 3.31. The molecule has 1 aliphatic rings. The molecule has 3 amide bonds. The molecule has 1 N–H and O–H groups in total. The topological polar surface area (TPSA) is 92.8 Å². The van der Waals surface area contributed by atoms with E-state index in [0.29, 0.717) is 19.6 Å². The van der Waals surface area contributed by atoms with Gasteiger partial charge in [0.25, 0.3) is 0 Å². The first-order valence-electron chi connectivity index (χ1n) is 9.93. The number of imide groups is 1. The summed E-state index contributed by atoms with van der Waals surface area (Å²) >= 11 is 0. The molecule has 2 rings (SSSR count). The second-order valence-electron chi connectivity index (χ2n) is 7.66. The Bertz CT molecular complexity index is 826. The standard InChI is InChI=1S/C20H29FN2O5S/c1-15(2)14-28-18-12-16(8-9-17(18)21)29(26,27)11-7-5-3-4-6-10-23-13-19(24)22-20(23)25/h8-9,12,15H,3-7,10-11,13-14H2,1-2H3,(H,22,24,25). The third-order valence-corrected chi connectivity index (χ3v) is 6.34. The Morgan fingerprint density at radius 2 is 1.83 bits per heavy atom. The number of rotatable bonds is 12. The molecule has 0 saturated carbocycles. The third kappa shape index (κ3) is 7.30. The van der Waals surface area contributed by atoms with Gasteiger partial charge >= 0.3 is 6.03 Å². The quantitative estimate of drug-likeness (QED) is 0.314. The highest BCUT2D eigenvalue weighted by Crippen LogP contribution is 2.24. The van der Waals surface area contributed by atoms with Gasteiger partial charge in [-0.2, -0.15) is 0 Å². The summed E-state index contributed by atoms with van der Waals surface area (Å²) in [5, 5.41) is 2.23. The van der Waals surface area contributed by atoms with Crippen LogP contribution >= 0.6 is 0 Å². The summed E-state index contributed by atoms with van der Waals surface area (Å²) in [5.41, 5.74) is 0. The van der Waals surface area contributed by atoms with Crippen LogP contribution in [0.3, 0.4) is 0 Å². The molecule has 162 valence electrons. The number of benzene rings is 1. The van der Waals surface area contributed by atoms with Gasteiger partial charge in [0.1, 0.15) is 6.54 Å². The van der Waals surface area contributed by atoms with Gasteiger partial charge in [0.2, 0.25) is 5.91 Å². The van der Waals surface area contributed by atoms with Crippen LogP contribution in [0.5, 0.6) is 5.75 Å². The zero-order valence-corrected chi connectivity index (χ0v) is 17.8. The van der Waals surface area contributed by atoms with E-state index in [1.807, 2.05) is 13.8 Å². The monoisotopic (exact) mass is 428 g/mol. The summed E-state index contributed by atoms with van der Waals surface area (Å²) in [6.45, 7) is 4.80. The molecular weight excluding hydrogens is 399 g/mol. The van der Waals surface area contributed by atoms with Crippen molar-refractivity contribution in [3.8, 4) is 5.75 Å². The van der Waals surface area contributed by atoms with Gasteiger partial charge in [-0.05, 0) is 30.9 Å². The number of halogens is 1. The highest BCUT2D eigenvalue weighted by molar-refractivity contribution is 7.91. The average molecular weight is 429 g/mol. The van der Waals surface area contributed by atoms with E-state index in [4.69, 9.17) is 4.74 Å². The Morgan fingerprint density at radius 3 is 2.48 bits per heavy atom. The van der Waals surface area contributed by atoms with Gasteiger partial charge in [0, 0.05) is 12.6 Å². The van der Waals surface area contributed by atoms with E-state index in [1.165, 1.54) is 17.0 Å². The molecule has 1 saturated heterocycles. The summed E-state index contributed by atoms with van der Waals surface area (Å²) in [7, 11) is -3.50. The third-order valence-electron chi connectivity index (χ3n) is 4.54. The number of hydrogen-bond acceptors (Lipinski definition) is 5. The lowest BCUT2D eigenvalue weighted by molar-refractivity contribution is -0.118. The number of urea groups is 1. The van der Waals surface area contributed by atoms with E-state index in [-0.39, 0.29) is 40.8 Å². The van der Waals surface area contributed by atoms with Gasteiger partial charge < -0.3 is 9.64 Å². The van der Waals surface area contributed by atoms with Crippen molar-refractivity contribution in [3.05, 3.63) is 24.0 Å². The lowest BCUT2D eigenvalue weighted by Gasteiger charge is -2.12. The van der Waals surface area contributed by atoms with Crippen LogP contribution in [0.2, 0.25) is 0 Å². The predicted octanol–water partition coefficient (Wildman–Crippen LogP) is 3.14. The second-order valence-corrected chi connectivity index (χ2v) is 9.77. The second kappa shape index (κ2) is 10.6. The molecule has 0 aromatic heterocycles. The van der Waals surface area contributed by atoms with Crippen molar-refractivity contribution in [2.24, 2.45) is 5.92 Å². The minimum Gasteiger partial charge on any atom is -0.490 e. The Kier molecular flexibility index (Phi) is 8.43. The highest BCUT2D eigenvalue weighted by Gasteiger charge is 2.25. The van der Waals surface area contributed by atoms with Gasteiger partial charge in [-0.15, -0.1) is 0 Å². The Labute approximate surface area is 171 Å². The van der Waals surface area contributed by atoms with Crippen LogP contribution in [-0.4, -0.2) is 50.7 Å². The fourth-order valence-corrected chi connectivity index (χ4v) is 4.33. The fourth-order valence-electron chi connectivity index (χ4n) is 2.95. The van der Waals surface area contributed by atoms with E-state index >= 15 is 0 Å². The number of amides is 3. The maximum atomic E-state index is 13.8. The molecule has 1 aromatic carbocycles. The minimum absolute atomic E-state index is 0.00865.